The minimum absolute atomic E-state index is 0.0351. The van der Waals surface area contributed by atoms with Crippen molar-refractivity contribution >= 4 is 17.9 Å². The van der Waals surface area contributed by atoms with Crippen LogP contribution in [0.1, 0.15) is 108 Å². The SMILES string of the molecule is CCN(CC)C(O)[C@@H](C/C=C/C[C@H](/C(=N\N(C(=O)OC(C)(C)C)C(=O)OC(C)(C)C)c1ccc(OC)c(OCCCOC)c1)C(C)C)C(C)C. The van der Waals surface area contributed by atoms with Crippen molar-refractivity contribution in [3.63, 3.8) is 0 Å². The molecule has 11 nitrogen and oxygen atoms in total. The molecule has 0 fully saturated rings. The van der Waals surface area contributed by atoms with Gasteiger partial charge in [0.25, 0.3) is 0 Å². The second-order valence-electron chi connectivity index (χ2n) is 15.2. The van der Waals surface area contributed by atoms with Crippen LogP contribution in [-0.2, 0) is 14.2 Å². The predicted molar refractivity (Wildman–Crippen MR) is 200 cm³/mol. The van der Waals surface area contributed by atoms with Crippen molar-refractivity contribution in [1.82, 2.24) is 9.91 Å². The number of imide groups is 1. The highest BCUT2D eigenvalue weighted by atomic mass is 16.6. The van der Waals surface area contributed by atoms with Crippen LogP contribution in [0, 0.1) is 23.7 Å². The lowest BCUT2D eigenvalue weighted by molar-refractivity contribution is -0.0479. The molecule has 11 heteroatoms. The van der Waals surface area contributed by atoms with E-state index < -0.39 is 29.6 Å². The Kier molecular flexibility index (Phi) is 19.1. The average Bonchev–Trinajstić information content (AvgIpc) is 3.00. The fourth-order valence-corrected chi connectivity index (χ4v) is 5.36. The number of benzene rings is 1. The molecule has 0 saturated carbocycles. The average molecular weight is 706 g/mol. The van der Waals surface area contributed by atoms with E-state index in [2.05, 4.69) is 58.6 Å². The molecule has 50 heavy (non-hydrogen) atoms. The van der Waals surface area contributed by atoms with Crippen molar-refractivity contribution in [1.29, 1.82) is 0 Å². The monoisotopic (exact) mass is 705 g/mol. The third kappa shape index (κ3) is 15.4. The van der Waals surface area contributed by atoms with Crippen LogP contribution in [0.15, 0.2) is 35.5 Å². The maximum Gasteiger partial charge on any atom is 0.441 e. The van der Waals surface area contributed by atoms with E-state index >= 15 is 0 Å². The molecule has 1 unspecified atom stereocenters. The highest BCUT2D eigenvalue weighted by molar-refractivity contribution is 6.04. The number of nitrogens with zero attached hydrogens (tertiary/aromatic N) is 3. The molecule has 0 radical (unpaired) electrons. The van der Waals surface area contributed by atoms with Gasteiger partial charge in [-0.05, 0) is 97.5 Å². The number of aliphatic hydroxyl groups is 1. The van der Waals surface area contributed by atoms with E-state index in [-0.39, 0.29) is 23.7 Å². The van der Waals surface area contributed by atoms with E-state index in [1.807, 2.05) is 12.1 Å². The highest BCUT2D eigenvalue weighted by Crippen LogP contribution is 2.32. The van der Waals surface area contributed by atoms with Gasteiger partial charge in [-0.2, -0.15) is 5.10 Å². The second kappa shape index (κ2) is 21.3. The standard InChI is InChI=1S/C39H67N3O8/c1-15-41(16-2)35(43)31(28(5)6)21-18-17-20-30(27(3)4)34(29-22-23-32(47-14)33(26-29)48-25-19-24-46-13)40-42(36(44)49-38(7,8)9)37(45)50-39(10,11)12/h17-18,22-23,26-28,30-31,35,43H,15-16,19-21,24-25H2,1-14H3/b18-17+,40-34-/t30-,31-,35?/m0/s1. The molecule has 1 N–H and O–H groups in total. The molecule has 0 aromatic heterocycles. The van der Waals surface area contributed by atoms with Crippen molar-refractivity contribution in [3.05, 3.63) is 35.9 Å². The van der Waals surface area contributed by atoms with Gasteiger partial charge in [-0.3, -0.25) is 4.90 Å². The van der Waals surface area contributed by atoms with Crippen LogP contribution in [0.2, 0.25) is 0 Å². The van der Waals surface area contributed by atoms with Crippen LogP contribution >= 0.6 is 0 Å². The third-order valence-corrected chi connectivity index (χ3v) is 8.10. The molecule has 3 atom stereocenters. The van der Waals surface area contributed by atoms with Gasteiger partial charge in [0, 0.05) is 37.5 Å². The predicted octanol–water partition coefficient (Wildman–Crippen LogP) is 8.53. The Hall–Kier alpha value is -3.15. The number of carbonyl (C=O) groups excluding carboxylic acids is 2. The largest absolute Gasteiger partial charge is 0.493 e. The minimum atomic E-state index is -0.947. The van der Waals surface area contributed by atoms with Crippen molar-refractivity contribution in [3.8, 4) is 11.5 Å². The summed E-state index contributed by atoms with van der Waals surface area (Å²) in [6, 6.07) is 5.45. The Morgan fingerprint density at radius 1 is 0.840 bits per heavy atom. The summed E-state index contributed by atoms with van der Waals surface area (Å²) in [5.74, 6) is 1.13. The first-order valence-electron chi connectivity index (χ1n) is 18.0. The molecular formula is C39H67N3O8. The number of allylic oxidation sites excluding steroid dienone is 2. The topological polar surface area (TPSA) is 119 Å². The zero-order valence-corrected chi connectivity index (χ0v) is 33.4. The molecule has 1 aromatic rings. The van der Waals surface area contributed by atoms with Gasteiger partial charge in [0.1, 0.15) is 17.4 Å². The van der Waals surface area contributed by atoms with Crippen LogP contribution in [-0.4, -0.2) is 90.9 Å². The summed E-state index contributed by atoms with van der Waals surface area (Å²) in [4.78, 5) is 29.2. The normalized spacial score (nSPS) is 14.6. The highest BCUT2D eigenvalue weighted by Gasteiger charge is 2.34. The van der Waals surface area contributed by atoms with E-state index in [0.29, 0.717) is 60.3 Å². The zero-order valence-electron chi connectivity index (χ0n) is 33.4. The number of amides is 2. The molecule has 0 spiro atoms. The molecule has 0 aliphatic rings. The smallest absolute Gasteiger partial charge is 0.441 e. The lowest BCUT2D eigenvalue weighted by Crippen LogP contribution is -2.42. The number of carbonyl (C=O) groups is 2. The van der Waals surface area contributed by atoms with Crippen LogP contribution in [0.25, 0.3) is 0 Å². The van der Waals surface area contributed by atoms with Gasteiger partial charge < -0.3 is 28.8 Å². The molecule has 1 aromatic carbocycles. The van der Waals surface area contributed by atoms with Crippen molar-refractivity contribution in [2.24, 2.45) is 28.8 Å². The van der Waals surface area contributed by atoms with Crippen molar-refractivity contribution in [2.75, 3.05) is 40.5 Å². The number of hydrazone groups is 1. The first-order valence-corrected chi connectivity index (χ1v) is 18.0. The minimum Gasteiger partial charge on any atom is -0.493 e. The van der Waals surface area contributed by atoms with Crippen LogP contribution in [0.3, 0.4) is 0 Å². The molecule has 0 aliphatic carbocycles. The van der Waals surface area contributed by atoms with Gasteiger partial charge in [-0.25, -0.2) is 9.59 Å². The molecule has 0 saturated heterocycles. The van der Waals surface area contributed by atoms with Gasteiger partial charge in [-0.15, -0.1) is 0 Å². The number of aliphatic hydroxyl groups excluding tert-OH is 1. The van der Waals surface area contributed by atoms with Gasteiger partial charge in [0.05, 0.1) is 19.4 Å². The van der Waals surface area contributed by atoms with Gasteiger partial charge in [-0.1, -0.05) is 58.7 Å². The molecule has 2 amide bonds. The molecule has 0 heterocycles. The van der Waals surface area contributed by atoms with E-state index in [9.17, 15) is 14.7 Å². The molecule has 0 aliphatic heterocycles. The van der Waals surface area contributed by atoms with E-state index in [1.165, 1.54) is 0 Å². The van der Waals surface area contributed by atoms with Crippen molar-refractivity contribution < 1.29 is 38.4 Å². The summed E-state index contributed by atoms with van der Waals surface area (Å²) >= 11 is 0. The molecule has 286 valence electrons. The Bertz CT molecular complexity index is 1200. The fourth-order valence-electron chi connectivity index (χ4n) is 5.36. The van der Waals surface area contributed by atoms with Crippen LogP contribution < -0.4 is 9.47 Å². The Labute approximate surface area is 302 Å². The third-order valence-electron chi connectivity index (χ3n) is 8.10. The molecule has 0 bridgehead atoms. The van der Waals surface area contributed by atoms with E-state index in [0.717, 1.165) is 13.1 Å². The van der Waals surface area contributed by atoms with E-state index in [4.69, 9.17) is 28.8 Å². The van der Waals surface area contributed by atoms with Gasteiger partial charge >= 0.3 is 12.2 Å². The summed E-state index contributed by atoms with van der Waals surface area (Å²) in [5.41, 5.74) is -0.651. The van der Waals surface area contributed by atoms with Gasteiger partial charge in [0.2, 0.25) is 0 Å². The Balaban J connectivity index is 3.83. The first-order chi connectivity index (χ1) is 23.3. The van der Waals surface area contributed by atoms with Crippen LogP contribution in [0.5, 0.6) is 11.5 Å². The Morgan fingerprint density at radius 3 is 1.86 bits per heavy atom. The summed E-state index contributed by atoms with van der Waals surface area (Å²) in [6.45, 7) is 25.4. The number of hydrogen-bond donors (Lipinski definition) is 1. The van der Waals surface area contributed by atoms with Crippen molar-refractivity contribution in [2.45, 2.75) is 120 Å². The number of hydrogen-bond acceptors (Lipinski definition) is 10. The molecule has 1 rings (SSSR count). The summed E-state index contributed by atoms with van der Waals surface area (Å²) in [5, 5.41) is 16.6. The number of rotatable bonds is 19. The maximum absolute atomic E-state index is 13.6. The summed E-state index contributed by atoms with van der Waals surface area (Å²) in [6.07, 6.45) is 3.69. The first kappa shape index (κ1) is 44.9. The number of ether oxygens (including phenoxy) is 5. The summed E-state index contributed by atoms with van der Waals surface area (Å²) in [7, 11) is 3.21. The summed E-state index contributed by atoms with van der Waals surface area (Å²) < 4.78 is 28.1. The lowest BCUT2D eigenvalue weighted by Gasteiger charge is -2.33. The molecular weight excluding hydrogens is 638 g/mol. The quantitative estimate of drug-likeness (QED) is 0.0497. The fraction of sp³-hybridized carbons (Fsp3) is 0.718. The Morgan fingerprint density at radius 2 is 1.40 bits per heavy atom. The maximum atomic E-state index is 13.6. The zero-order chi connectivity index (χ0) is 38.2. The van der Waals surface area contributed by atoms with Crippen LogP contribution in [0.4, 0.5) is 9.59 Å². The van der Waals surface area contributed by atoms with Gasteiger partial charge in [0.15, 0.2) is 11.5 Å². The number of methoxy groups -OCH3 is 2. The van der Waals surface area contributed by atoms with E-state index in [1.54, 1.807) is 61.8 Å². The second-order valence-corrected chi connectivity index (χ2v) is 15.2. The lowest BCUT2D eigenvalue weighted by atomic mass is 9.84.